The van der Waals surface area contributed by atoms with E-state index in [1.165, 1.54) is 63.9 Å². The molecule has 4 heterocycles. The number of nitrogens with one attached hydrogen (secondary N) is 4. The second kappa shape index (κ2) is 15.1. The molecular formula is C31H53FN8O4. The molecule has 248 valence electrons. The van der Waals surface area contributed by atoms with Gasteiger partial charge < -0.3 is 29.7 Å². The Labute approximate surface area is 261 Å². The van der Waals surface area contributed by atoms with Crippen LogP contribution in [0, 0.1) is 5.92 Å². The Morgan fingerprint density at radius 3 is 2.50 bits per heavy atom. The van der Waals surface area contributed by atoms with Gasteiger partial charge in [0.1, 0.15) is 18.5 Å². The third kappa shape index (κ3) is 7.73. The van der Waals surface area contributed by atoms with E-state index in [0.29, 0.717) is 37.0 Å². The van der Waals surface area contributed by atoms with Crippen molar-refractivity contribution >= 4 is 12.2 Å². The Hall–Kier alpha value is -1.87. The highest BCUT2D eigenvalue weighted by Gasteiger charge is 2.38. The number of rotatable bonds is 10. The van der Waals surface area contributed by atoms with Crippen LogP contribution in [0.3, 0.4) is 0 Å². The molecule has 4 N–H and O–H groups in total. The molecule has 0 aromatic rings. The van der Waals surface area contributed by atoms with Crippen molar-refractivity contribution < 1.29 is 23.4 Å². The second-order valence-corrected chi connectivity index (χ2v) is 13.3. The summed E-state index contributed by atoms with van der Waals surface area (Å²) in [6.45, 7) is 7.04. The van der Waals surface area contributed by atoms with Gasteiger partial charge in [0.25, 0.3) is 0 Å². The fraction of sp³-hybridized carbons (Fsp3) is 0.871. The molecule has 4 fully saturated rings. The number of hydrogen-bond donors (Lipinski definition) is 4. The molecule has 0 bridgehead atoms. The molecule has 4 aliphatic heterocycles. The van der Waals surface area contributed by atoms with Crippen molar-refractivity contribution in [2.45, 2.75) is 93.8 Å². The molecule has 6 atom stereocenters. The number of amides is 1. The number of methoxy groups -OCH3 is 1. The van der Waals surface area contributed by atoms with Gasteiger partial charge in [-0.2, -0.15) is 0 Å². The molecule has 0 spiro atoms. The number of piperazine rings is 1. The summed E-state index contributed by atoms with van der Waals surface area (Å²) in [5, 5.41) is 14.3. The van der Waals surface area contributed by atoms with Gasteiger partial charge in [-0.1, -0.05) is 0 Å². The summed E-state index contributed by atoms with van der Waals surface area (Å²) in [6, 6.07) is 1.82. The summed E-state index contributed by atoms with van der Waals surface area (Å²) in [4.78, 5) is 23.6. The van der Waals surface area contributed by atoms with Crippen LogP contribution in [-0.4, -0.2) is 149 Å². The summed E-state index contributed by atoms with van der Waals surface area (Å²) < 4.78 is 31.5. The third-order valence-electron chi connectivity index (χ3n) is 10.6. The predicted octanol–water partition coefficient (Wildman–Crippen LogP) is 0.218. The SMILES string of the molecule is CNC1CC(C2NC=NC(NC3CCC(N4CCN(C5COC5)CC4)CC3)N2)CC=C1O[C@H]1CCN(C(=O)COC)C[C@H]1F. The smallest absolute Gasteiger partial charge is 0.248 e. The zero-order valence-corrected chi connectivity index (χ0v) is 26.5. The van der Waals surface area contributed by atoms with Gasteiger partial charge in [-0.15, -0.1) is 0 Å². The van der Waals surface area contributed by atoms with Gasteiger partial charge in [-0.25, -0.2) is 9.38 Å². The fourth-order valence-corrected chi connectivity index (χ4v) is 7.77. The number of halogens is 1. The highest BCUT2D eigenvalue weighted by atomic mass is 19.1. The van der Waals surface area contributed by atoms with E-state index in [0.717, 1.165) is 31.8 Å². The zero-order valence-electron chi connectivity index (χ0n) is 26.5. The van der Waals surface area contributed by atoms with E-state index < -0.39 is 12.3 Å². The molecule has 3 saturated heterocycles. The van der Waals surface area contributed by atoms with Crippen LogP contribution in [0.4, 0.5) is 4.39 Å². The Kier molecular flexibility index (Phi) is 11.0. The minimum absolute atomic E-state index is 0.00201. The van der Waals surface area contributed by atoms with Gasteiger partial charge in [0.15, 0.2) is 12.5 Å². The van der Waals surface area contributed by atoms with Crippen molar-refractivity contribution in [3.8, 4) is 0 Å². The van der Waals surface area contributed by atoms with Gasteiger partial charge in [0.05, 0.1) is 44.3 Å². The lowest BCUT2D eigenvalue weighted by molar-refractivity contribution is -0.140. The van der Waals surface area contributed by atoms with Crippen molar-refractivity contribution in [1.29, 1.82) is 0 Å². The van der Waals surface area contributed by atoms with Crippen molar-refractivity contribution in [3.05, 3.63) is 11.8 Å². The monoisotopic (exact) mass is 620 g/mol. The zero-order chi connectivity index (χ0) is 30.5. The Balaban J connectivity index is 0.932. The number of carbonyl (C=O) groups is 1. The van der Waals surface area contributed by atoms with E-state index in [4.69, 9.17) is 14.2 Å². The number of allylic oxidation sites excluding steroid dienone is 1. The van der Waals surface area contributed by atoms with Gasteiger partial charge in [0, 0.05) is 58.3 Å². The standard InChI is InChI=1S/C31H53FN8O4/c1-33-26-15-21(3-8-28(26)44-27-9-10-40(16-25(27)32)29(41)19-42-2)30-34-20-35-31(37-30)36-22-4-6-23(7-5-22)38-11-13-39(14-12-38)24-17-43-18-24/h8,20-27,30-31,33,36-37H,3-7,9-19H2,1-2H3,(H,34,35)/t21?,22?,23?,25-,26?,27+,30?,31?/m1/s1. The van der Waals surface area contributed by atoms with E-state index in [1.54, 1.807) is 0 Å². The Morgan fingerprint density at radius 2 is 1.84 bits per heavy atom. The summed E-state index contributed by atoms with van der Waals surface area (Å²) in [7, 11) is 3.40. The number of likely N-dealkylation sites (N-methyl/N-ethyl adjacent to an activating group) is 1. The van der Waals surface area contributed by atoms with E-state index >= 15 is 4.39 Å². The maximum absolute atomic E-state index is 15.0. The second-order valence-electron chi connectivity index (χ2n) is 13.3. The molecule has 12 nitrogen and oxygen atoms in total. The average molecular weight is 621 g/mol. The summed E-state index contributed by atoms with van der Waals surface area (Å²) in [5.74, 6) is 0.955. The van der Waals surface area contributed by atoms with Crippen LogP contribution >= 0.6 is 0 Å². The minimum atomic E-state index is -1.22. The lowest BCUT2D eigenvalue weighted by atomic mass is 9.86. The molecular weight excluding hydrogens is 567 g/mol. The number of alkyl halides is 1. The maximum Gasteiger partial charge on any atom is 0.248 e. The molecule has 6 rings (SSSR count). The Morgan fingerprint density at radius 1 is 1.09 bits per heavy atom. The maximum atomic E-state index is 15.0. The summed E-state index contributed by atoms with van der Waals surface area (Å²) in [5.41, 5.74) is 0. The molecule has 13 heteroatoms. The molecule has 1 saturated carbocycles. The molecule has 0 radical (unpaired) electrons. The van der Waals surface area contributed by atoms with Gasteiger partial charge in [-0.3, -0.25) is 25.2 Å². The highest BCUT2D eigenvalue weighted by molar-refractivity contribution is 5.77. The molecule has 0 aromatic carbocycles. The van der Waals surface area contributed by atoms with E-state index in [1.807, 2.05) is 13.4 Å². The number of hydrogen-bond acceptors (Lipinski definition) is 11. The van der Waals surface area contributed by atoms with Gasteiger partial charge in [-0.05, 0) is 57.6 Å². The Bertz CT molecular complexity index is 1000. The number of aliphatic imine (C=N–C) groups is 1. The molecule has 2 aliphatic carbocycles. The molecule has 4 unspecified atom stereocenters. The number of likely N-dealkylation sites (tertiary alicyclic amines) is 1. The lowest BCUT2D eigenvalue weighted by Gasteiger charge is -2.46. The fourth-order valence-electron chi connectivity index (χ4n) is 7.77. The topological polar surface area (TPSA) is 115 Å². The third-order valence-corrected chi connectivity index (χ3v) is 10.6. The van der Waals surface area contributed by atoms with Crippen LogP contribution in [0.15, 0.2) is 16.8 Å². The largest absolute Gasteiger partial charge is 0.490 e. The van der Waals surface area contributed by atoms with Crippen LogP contribution in [0.2, 0.25) is 0 Å². The van der Waals surface area contributed by atoms with Gasteiger partial charge >= 0.3 is 0 Å². The summed E-state index contributed by atoms with van der Waals surface area (Å²) >= 11 is 0. The summed E-state index contributed by atoms with van der Waals surface area (Å²) in [6.07, 6.45) is 9.15. The molecule has 44 heavy (non-hydrogen) atoms. The van der Waals surface area contributed by atoms with Crippen LogP contribution in [0.25, 0.3) is 0 Å². The highest BCUT2D eigenvalue weighted by Crippen LogP contribution is 2.31. The lowest BCUT2D eigenvalue weighted by Crippen LogP contribution is -2.61. The number of piperidine rings is 1. The van der Waals surface area contributed by atoms with Crippen LogP contribution in [-0.2, 0) is 19.0 Å². The molecule has 0 aromatic heterocycles. The average Bonchev–Trinajstić information content (AvgIpc) is 3.02. The first-order valence-corrected chi connectivity index (χ1v) is 16.8. The van der Waals surface area contributed by atoms with Crippen LogP contribution in [0.5, 0.6) is 0 Å². The van der Waals surface area contributed by atoms with Crippen molar-refractivity contribution in [2.24, 2.45) is 10.9 Å². The number of carbonyl (C=O) groups excluding carboxylic acids is 1. The minimum Gasteiger partial charge on any atom is -0.490 e. The first kappa shape index (κ1) is 32.1. The van der Waals surface area contributed by atoms with Crippen molar-refractivity contribution in [1.82, 2.24) is 36.0 Å². The van der Waals surface area contributed by atoms with E-state index in [2.05, 4.69) is 42.1 Å². The molecule has 6 aliphatic rings. The van der Waals surface area contributed by atoms with Crippen molar-refractivity contribution in [2.75, 3.05) is 73.2 Å². The van der Waals surface area contributed by atoms with E-state index in [-0.39, 0.29) is 37.6 Å². The van der Waals surface area contributed by atoms with E-state index in [9.17, 15) is 4.79 Å². The van der Waals surface area contributed by atoms with Crippen LogP contribution in [0.1, 0.15) is 44.9 Å². The number of nitrogens with zero attached hydrogens (tertiary/aromatic N) is 4. The normalized spacial score (nSPS) is 37.6. The number of ether oxygens (including phenoxy) is 3. The van der Waals surface area contributed by atoms with Crippen molar-refractivity contribution in [3.63, 3.8) is 0 Å². The first-order chi connectivity index (χ1) is 21.5. The molecule has 1 amide bonds. The first-order valence-electron chi connectivity index (χ1n) is 16.8. The quantitative estimate of drug-likeness (QED) is 0.271. The van der Waals surface area contributed by atoms with Crippen LogP contribution < -0.4 is 21.3 Å². The van der Waals surface area contributed by atoms with Gasteiger partial charge in [0.2, 0.25) is 5.91 Å². The predicted molar refractivity (Wildman–Crippen MR) is 166 cm³/mol.